The first kappa shape index (κ1) is 18.4. The predicted octanol–water partition coefficient (Wildman–Crippen LogP) is 2.12. The van der Waals surface area contributed by atoms with Crippen LogP contribution < -0.4 is 10.1 Å². The Kier molecular flexibility index (Phi) is 4.78. The normalized spacial score (nSPS) is 15.3. The maximum Gasteiger partial charge on any atom is 0.357 e. The summed E-state index contributed by atoms with van der Waals surface area (Å²) >= 11 is 0. The zero-order chi connectivity index (χ0) is 20.4. The third kappa shape index (κ3) is 3.22. The summed E-state index contributed by atoms with van der Waals surface area (Å²) in [5.41, 5.74) is 1.33. The molecule has 1 aliphatic heterocycles. The van der Waals surface area contributed by atoms with E-state index in [-0.39, 0.29) is 23.0 Å². The first-order valence-corrected chi connectivity index (χ1v) is 8.75. The van der Waals surface area contributed by atoms with Crippen LogP contribution in [0.4, 0.5) is 5.95 Å². The van der Waals surface area contributed by atoms with Crippen molar-refractivity contribution in [1.29, 1.82) is 0 Å². The first-order chi connectivity index (χ1) is 14.1. The van der Waals surface area contributed by atoms with Crippen LogP contribution in [0.5, 0.6) is 5.75 Å². The van der Waals surface area contributed by atoms with Gasteiger partial charge in [-0.15, -0.1) is 0 Å². The van der Waals surface area contributed by atoms with E-state index in [4.69, 9.17) is 9.47 Å². The molecule has 0 amide bonds. The Morgan fingerprint density at radius 2 is 1.76 bits per heavy atom. The van der Waals surface area contributed by atoms with Crippen LogP contribution >= 0.6 is 0 Å². The van der Waals surface area contributed by atoms with Gasteiger partial charge in [0.15, 0.2) is 11.5 Å². The van der Waals surface area contributed by atoms with Gasteiger partial charge >= 0.3 is 5.97 Å². The number of benzene rings is 2. The smallest absolute Gasteiger partial charge is 0.357 e. The number of tetrazole rings is 1. The van der Waals surface area contributed by atoms with Crippen molar-refractivity contribution in [2.45, 2.75) is 6.04 Å². The molecule has 1 unspecified atom stereocenters. The highest BCUT2D eigenvalue weighted by Gasteiger charge is 2.38. The molecule has 0 fully saturated rings. The molecule has 2 aromatic carbocycles. The SMILES string of the molecule is COC(=O)C1=C(C(=O)c2ccccc2)C(c2ccc(OC)cc2)Nc2nnnn21. The van der Waals surface area contributed by atoms with Gasteiger partial charge in [-0.1, -0.05) is 47.6 Å². The third-order valence-electron chi connectivity index (χ3n) is 4.61. The molecule has 1 aromatic heterocycles. The molecule has 0 radical (unpaired) electrons. The van der Waals surface area contributed by atoms with Crippen molar-refractivity contribution < 1.29 is 19.1 Å². The highest BCUT2D eigenvalue weighted by molar-refractivity contribution is 6.24. The molecule has 3 aromatic rings. The Hall–Kier alpha value is -4.01. The van der Waals surface area contributed by atoms with E-state index in [9.17, 15) is 9.59 Å². The zero-order valence-electron chi connectivity index (χ0n) is 15.7. The van der Waals surface area contributed by atoms with Crippen molar-refractivity contribution in [3.05, 3.63) is 71.3 Å². The van der Waals surface area contributed by atoms with Gasteiger partial charge < -0.3 is 14.8 Å². The molecule has 29 heavy (non-hydrogen) atoms. The van der Waals surface area contributed by atoms with Crippen molar-refractivity contribution in [3.8, 4) is 5.75 Å². The number of anilines is 1. The molecule has 2 heterocycles. The number of ether oxygens (including phenoxy) is 2. The number of nitrogens with zero attached hydrogens (tertiary/aromatic N) is 4. The van der Waals surface area contributed by atoms with Crippen molar-refractivity contribution in [1.82, 2.24) is 20.2 Å². The number of carbonyl (C=O) groups is 2. The number of nitrogens with one attached hydrogen (secondary N) is 1. The van der Waals surface area contributed by atoms with E-state index in [0.29, 0.717) is 11.3 Å². The summed E-state index contributed by atoms with van der Waals surface area (Å²) < 4.78 is 11.3. The Balaban J connectivity index is 1.93. The summed E-state index contributed by atoms with van der Waals surface area (Å²) in [6, 6.07) is 15.2. The van der Waals surface area contributed by atoms with Crippen molar-refractivity contribution >= 4 is 23.4 Å². The van der Waals surface area contributed by atoms with Crippen LogP contribution in [-0.4, -0.2) is 46.2 Å². The van der Waals surface area contributed by atoms with Gasteiger partial charge in [0, 0.05) is 5.56 Å². The predicted molar refractivity (Wildman–Crippen MR) is 103 cm³/mol. The molecular formula is C20H17N5O4. The van der Waals surface area contributed by atoms with E-state index in [0.717, 1.165) is 5.56 Å². The Labute approximate surface area is 165 Å². The maximum atomic E-state index is 13.5. The fraction of sp³-hybridized carbons (Fsp3) is 0.150. The molecule has 0 bridgehead atoms. The van der Waals surface area contributed by atoms with Crippen LogP contribution in [0, 0.1) is 0 Å². The zero-order valence-corrected chi connectivity index (χ0v) is 15.7. The number of rotatable bonds is 5. The van der Waals surface area contributed by atoms with Crippen molar-refractivity contribution in [2.24, 2.45) is 0 Å². The molecule has 0 aliphatic carbocycles. The van der Waals surface area contributed by atoms with E-state index in [1.807, 2.05) is 18.2 Å². The third-order valence-corrected chi connectivity index (χ3v) is 4.61. The second-order valence-corrected chi connectivity index (χ2v) is 6.21. The van der Waals surface area contributed by atoms with E-state index in [2.05, 4.69) is 20.8 Å². The summed E-state index contributed by atoms with van der Waals surface area (Å²) in [5.74, 6) is -0.142. The fourth-order valence-corrected chi connectivity index (χ4v) is 3.20. The lowest BCUT2D eigenvalue weighted by molar-refractivity contribution is -0.134. The van der Waals surface area contributed by atoms with E-state index in [1.54, 1.807) is 43.5 Å². The van der Waals surface area contributed by atoms with Crippen molar-refractivity contribution in [2.75, 3.05) is 19.5 Å². The topological polar surface area (TPSA) is 108 Å². The van der Waals surface area contributed by atoms with E-state index >= 15 is 0 Å². The fourth-order valence-electron chi connectivity index (χ4n) is 3.20. The van der Waals surface area contributed by atoms with Crippen LogP contribution in [0.15, 0.2) is 60.2 Å². The van der Waals surface area contributed by atoms with Crippen LogP contribution in [0.2, 0.25) is 0 Å². The number of carbonyl (C=O) groups excluding carboxylic acids is 2. The highest BCUT2D eigenvalue weighted by Crippen LogP contribution is 2.37. The van der Waals surface area contributed by atoms with Gasteiger partial charge in [0.2, 0.25) is 5.95 Å². The van der Waals surface area contributed by atoms with Gasteiger partial charge in [-0.3, -0.25) is 4.79 Å². The van der Waals surface area contributed by atoms with Gasteiger partial charge in [-0.25, -0.2) is 4.79 Å². The molecule has 1 N–H and O–H groups in total. The quantitative estimate of drug-likeness (QED) is 0.520. The number of aromatic nitrogens is 4. The molecule has 9 heteroatoms. The molecule has 1 atom stereocenters. The molecule has 1 aliphatic rings. The van der Waals surface area contributed by atoms with Gasteiger partial charge in [-0.05, 0) is 28.1 Å². The lowest BCUT2D eigenvalue weighted by Crippen LogP contribution is -2.31. The number of methoxy groups -OCH3 is 2. The molecule has 0 spiro atoms. The lowest BCUT2D eigenvalue weighted by Gasteiger charge is -2.28. The molecule has 4 rings (SSSR count). The lowest BCUT2D eigenvalue weighted by atomic mass is 9.89. The maximum absolute atomic E-state index is 13.5. The largest absolute Gasteiger partial charge is 0.497 e. The minimum absolute atomic E-state index is 0.0269. The van der Waals surface area contributed by atoms with Gasteiger partial charge in [0.1, 0.15) is 5.75 Å². The Morgan fingerprint density at radius 1 is 1.03 bits per heavy atom. The Morgan fingerprint density at radius 3 is 2.41 bits per heavy atom. The Bertz CT molecular complexity index is 1090. The molecule has 9 nitrogen and oxygen atoms in total. The van der Waals surface area contributed by atoms with Crippen LogP contribution in [0.1, 0.15) is 22.0 Å². The minimum atomic E-state index is -0.710. The number of Topliss-reactive ketones (excluding diaryl/α,β-unsaturated/α-hetero) is 1. The number of ketones is 1. The van der Waals surface area contributed by atoms with Gasteiger partial charge in [0.05, 0.1) is 25.8 Å². The number of esters is 1. The molecular weight excluding hydrogens is 374 g/mol. The second kappa shape index (κ2) is 7.55. The van der Waals surface area contributed by atoms with Crippen molar-refractivity contribution in [3.63, 3.8) is 0 Å². The van der Waals surface area contributed by atoms with Gasteiger partial charge in [0.25, 0.3) is 0 Å². The highest BCUT2D eigenvalue weighted by atomic mass is 16.5. The minimum Gasteiger partial charge on any atom is -0.497 e. The summed E-state index contributed by atoms with van der Waals surface area (Å²) in [6.07, 6.45) is 0. The first-order valence-electron chi connectivity index (χ1n) is 8.75. The van der Waals surface area contributed by atoms with E-state index in [1.165, 1.54) is 11.8 Å². The molecule has 0 saturated carbocycles. The van der Waals surface area contributed by atoms with Crippen LogP contribution in [0.3, 0.4) is 0 Å². The number of fused-ring (bicyclic) bond motifs is 1. The summed E-state index contributed by atoms with van der Waals surface area (Å²) in [5, 5.41) is 14.5. The summed E-state index contributed by atoms with van der Waals surface area (Å²) in [6.45, 7) is 0. The summed E-state index contributed by atoms with van der Waals surface area (Å²) in [7, 11) is 2.82. The number of hydrogen-bond acceptors (Lipinski definition) is 8. The monoisotopic (exact) mass is 391 g/mol. The van der Waals surface area contributed by atoms with Gasteiger partial charge in [-0.2, -0.15) is 4.68 Å². The van der Waals surface area contributed by atoms with Crippen LogP contribution in [0.25, 0.3) is 5.70 Å². The second-order valence-electron chi connectivity index (χ2n) is 6.21. The van der Waals surface area contributed by atoms with E-state index < -0.39 is 12.0 Å². The average molecular weight is 391 g/mol. The number of hydrogen-bond donors (Lipinski definition) is 1. The standard InChI is InChI=1S/C20H17N5O4/c1-28-14-10-8-12(9-11-14)16-15(18(26)13-6-4-3-5-7-13)17(19(27)29-2)25-20(21-16)22-23-24-25/h3-11,16H,1-2H3,(H,21,22,24). The summed E-state index contributed by atoms with van der Waals surface area (Å²) in [4.78, 5) is 26.1. The van der Waals surface area contributed by atoms with Crippen LogP contribution in [-0.2, 0) is 9.53 Å². The molecule has 146 valence electrons. The molecule has 0 saturated heterocycles. The average Bonchev–Trinajstić information content (AvgIpc) is 3.26.